The summed E-state index contributed by atoms with van der Waals surface area (Å²) in [5, 5.41) is 17.6. The molecule has 0 saturated heterocycles. The van der Waals surface area contributed by atoms with Crippen molar-refractivity contribution in [3.63, 3.8) is 0 Å². The van der Waals surface area contributed by atoms with Crippen LogP contribution in [-0.2, 0) is 4.79 Å². The van der Waals surface area contributed by atoms with E-state index in [-0.39, 0.29) is 23.2 Å². The number of nitro benzene ring substituents is 1. The van der Waals surface area contributed by atoms with Gasteiger partial charge in [-0.15, -0.1) is 0 Å². The number of hydrogen-bond donors (Lipinski definition) is 2. The van der Waals surface area contributed by atoms with Crippen molar-refractivity contribution in [2.45, 2.75) is 6.92 Å². The lowest BCUT2D eigenvalue weighted by Crippen LogP contribution is -2.25. The number of nitrogens with one attached hydrogen (secondary N) is 2. The number of benzene rings is 2. The van der Waals surface area contributed by atoms with E-state index >= 15 is 0 Å². The first-order valence-corrected chi connectivity index (χ1v) is 8.10. The summed E-state index contributed by atoms with van der Waals surface area (Å²) < 4.78 is 5.34. The van der Waals surface area contributed by atoms with Crippen LogP contribution in [0.3, 0.4) is 0 Å². The molecule has 0 radical (unpaired) electrons. The van der Waals surface area contributed by atoms with Crippen molar-refractivity contribution in [2.75, 3.05) is 18.5 Å². The van der Waals surface area contributed by atoms with Crippen molar-refractivity contribution in [3.05, 3.63) is 63.2 Å². The number of amides is 1. The van der Waals surface area contributed by atoms with Crippen molar-refractivity contribution < 1.29 is 14.5 Å². The molecule has 2 rings (SSSR count). The molecule has 0 aliphatic heterocycles. The van der Waals surface area contributed by atoms with Gasteiger partial charge in [-0.1, -0.05) is 17.7 Å². The molecule has 0 atom stereocenters. The third-order valence-corrected chi connectivity index (χ3v) is 3.51. The zero-order chi connectivity index (χ0) is 18.9. The molecule has 136 valence electrons. The molecule has 2 N–H and O–H groups in total. The fourth-order valence-corrected chi connectivity index (χ4v) is 2.17. The maximum absolute atomic E-state index is 11.8. The van der Waals surface area contributed by atoms with Gasteiger partial charge in [0.05, 0.1) is 24.3 Å². The molecule has 9 heteroatoms. The molecule has 0 saturated carbocycles. The Hall–Kier alpha value is -3.13. The standard InChI is InChI=1S/C17H17ClN4O4/c1-2-26-14-6-4-13(5-7-14)19-11-17(23)21-20-10-12-3-8-15(18)16(9-12)22(24)25/h3-10,19H,2,11H2,1H3,(H,21,23)/b20-10+. The van der Waals surface area contributed by atoms with Gasteiger partial charge in [-0.2, -0.15) is 5.10 Å². The van der Waals surface area contributed by atoms with E-state index in [1.54, 1.807) is 30.3 Å². The molecule has 2 aromatic carbocycles. The number of nitrogens with zero attached hydrogens (tertiary/aromatic N) is 2. The van der Waals surface area contributed by atoms with Gasteiger partial charge in [0.15, 0.2) is 0 Å². The molecular weight excluding hydrogens is 360 g/mol. The first kappa shape index (κ1) is 19.2. The zero-order valence-corrected chi connectivity index (χ0v) is 14.7. The highest BCUT2D eigenvalue weighted by molar-refractivity contribution is 6.32. The maximum Gasteiger partial charge on any atom is 0.288 e. The van der Waals surface area contributed by atoms with Crippen molar-refractivity contribution in [1.82, 2.24) is 5.43 Å². The maximum atomic E-state index is 11.8. The molecule has 0 spiro atoms. The molecule has 0 aromatic heterocycles. The van der Waals surface area contributed by atoms with Crippen LogP contribution in [-0.4, -0.2) is 30.2 Å². The second kappa shape index (κ2) is 9.38. The molecule has 0 unspecified atom stereocenters. The highest BCUT2D eigenvalue weighted by atomic mass is 35.5. The topological polar surface area (TPSA) is 106 Å². The summed E-state index contributed by atoms with van der Waals surface area (Å²) in [4.78, 5) is 22.0. The number of nitro groups is 1. The van der Waals surface area contributed by atoms with Gasteiger partial charge >= 0.3 is 0 Å². The number of anilines is 1. The summed E-state index contributed by atoms with van der Waals surface area (Å²) in [6.07, 6.45) is 1.30. The summed E-state index contributed by atoms with van der Waals surface area (Å²) in [5.41, 5.74) is 3.32. The van der Waals surface area contributed by atoms with Crippen molar-refractivity contribution in [2.24, 2.45) is 5.10 Å². The number of rotatable bonds is 8. The molecule has 2 aromatic rings. The van der Waals surface area contributed by atoms with Crippen LogP contribution in [0.5, 0.6) is 5.75 Å². The van der Waals surface area contributed by atoms with Gasteiger partial charge in [-0.25, -0.2) is 5.43 Å². The van der Waals surface area contributed by atoms with Crippen LogP contribution in [0.1, 0.15) is 12.5 Å². The lowest BCUT2D eigenvalue weighted by Gasteiger charge is -2.07. The summed E-state index contributed by atoms with van der Waals surface area (Å²) >= 11 is 5.73. The van der Waals surface area contributed by atoms with Gasteiger partial charge in [0.25, 0.3) is 11.6 Å². The SMILES string of the molecule is CCOc1ccc(NCC(=O)N/N=C/c2ccc(Cl)c([N+](=O)[O-])c2)cc1. The summed E-state index contributed by atoms with van der Waals surface area (Å²) in [5.74, 6) is 0.391. The fraction of sp³-hybridized carbons (Fsp3) is 0.176. The second-order valence-corrected chi connectivity index (χ2v) is 5.48. The summed E-state index contributed by atoms with van der Waals surface area (Å²) in [6.45, 7) is 2.51. The molecular formula is C17H17ClN4O4. The molecule has 26 heavy (non-hydrogen) atoms. The van der Waals surface area contributed by atoms with Gasteiger partial charge in [-0.05, 0) is 37.3 Å². The number of halogens is 1. The van der Waals surface area contributed by atoms with Gasteiger partial charge in [-0.3, -0.25) is 14.9 Å². The first-order valence-electron chi connectivity index (χ1n) is 7.72. The summed E-state index contributed by atoms with van der Waals surface area (Å²) in [6, 6.07) is 11.4. The quantitative estimate of drug-likeness (QED) is 0.418. The molecule has 0 fully saturated rings. The van der Waals surface area contributed by atoms with Crippen molar-refractivity contribution >= 4 is 35.1 Å². The number of ether oxygens (including phenoxy) is 1. The average Bonchev–Trinajstić information content (AvgIpc) is 2.62. The normalized spacial score (nSPS) is 10.5. The average molecular weight is 377 g/mol. The highest BCUT2D eigenvalue weighted by Gasteiger charge is 2.11. The van der Waals surface area contributed by atoms with E-state index in [1.165, 1.54) is 18.3 Å². The van der Waals surface area contributed by atoms with Crippen LogP contribution in [0.2, 0.25) is 5.02 Å². The minimum absolute atomic E-state index is 0.0199. The molecule has 0 bridgehead atoms. The lowest BCUT2D eigenvalue weighted by atomic mass is 10.2. The van der Waals surface area contributed by atoms with E-state index in [0.717, 1.165) is 11.4 Å². The number of hydrogen-bond acceptors (Lipinski definition) is 6. The predicted octanol–water partition coefficient (Wildman–Crippen LogP) is 3.21. The number of hydrazone groups is 1. The van der Waals surface area contributed by atoms with E-state index in [0.29, 0.717) is 12.2 Å². The Bertz CT molecular complexity index is 809. The van der Waals surface area contributed by atoms with E-state index in [2.05, 4.69) is 15.8 Å². The third-order valence-electron chi connectivity index (χ3n) is 3.19. The predicted molar refractivity (Wildman–Crippen MR) is 99.9 cm³/mol. The van der Waals surface area contributed by atoms with Crippen LogP contribution < -0.4 is 15.5 Å². The van der Waals surface area contributed by atoms with Crippen LogP contribution in [0, 0.1) is 10.1 Å². The Morgan fingerprint density at radius 1 is 1.31 bits per heavy atom. The molecule has 0 aliphatic rings. The number of carbonyl (C=O) groups excluding carboxylic acids is 1. The number of carbonyl (C=O) groups is 1. The van der Waals surface area contributed by atoms with Crippen LogP contribution in [0.15, 0.2) is 47.6 Å². The Balaban J connectivity index is 1.83. The highest BCUT2D eigenvalue weighted by Crippen LogP contribution is 2.24. The minimum Gasteiger partial charge on any atom is -0.494 e. The van der Waals surface area contributed by atoms with E-state index in [4.69, 9.17) is 16.3 Å². The van der Waals surface area contributed by atoms with Crippen LogP contribution >= 0.6 is 11.6 Å². The van der Waals surface area contributed by atoms with E-state index in [9.17, 15) is 14.9 Å². The molecule has 0 heterocycles. The Morgan fingerprint density at radius 2 is 2.04 bits per heavy atom. The Labute approximate surface area is 155 Å². The fourth-order valence-electron chi connectivity index (χ4n) is 1.99. The van der Waals surface area contributed by atoms with Gasteiger partial charge in [0, 0.05) is 17.3 Å². The second-order valence-electron chi connectivity index (χ2n) is 5.07. The van der Waals surface area contributed by atoms with Crippen LogP contribution in [0.25, 0.3) is 0 Å². The van der Waals surface area contributed by atoms with Crippen molar-refractivity contribution in [3.8, 4) is 5.75 Å². The van der Waals surface area contributed by atoms with E-state index < -0.39 is 4.92 Å². The van der Waals surface area contributed by atoms with Gasteiger partial charge in [0.2, 0.25) is 0 Å². The van der Waals surface area contributed by atoms with E-state index in [1.807, 2.05) is 6.92 Å². The molecule has 1 amide bonds. The third kappa shape index (κ3) is 5.75. The Kier molecular flexibility index (Phi) is 6.92. The van der Waals surface area contributed by atoms with Gasteiger partial charge < -0.3 is 10.1 Å². The monoisotopic (exact) mass is 376 g/mol. The zero-order valence-electron chi connectivity index (χ0n) is 13.9. The van der Waals surface area contributed by atoms with Crippen LogP contribution in [0.4, 0.5) is 11.4 Å². The molecule has 8 nitrogen and oxygen atoms in total. The smallest absolute Gasteiger partial charge is 0.288 e. The van der Waals surface area contributed by atoms with Crippen molar-refractivity contribution in [1.29, 1.82) is 0 Å². The minimum atomic E-state index is -0.584. The Morgan fingerprint density at radius 3 is 2.69 bits per heavy atom. The largest absolute Gasteiger partial charge is 0.494 e. The van der Waals surface area contributed by atoms with Gasteiger partial charge in [0.1, 0.15) is 10.8 Å². The lowest BCUT2D eigenvalue weighted by molar-refractivity contribution is -0.384. The molecule has 0 aliphatic carbocycles. The first-order chi connectivity index (χ1) is 12.5. The summed E-state index contributed by atoms with van der Waals surface area (Å²) in [7, 11) is 0.